The Morgan fingerprint density at radius 3 is 2.40 bits per heavy atom. The normalized spacial score (nSPS) is 46.9. The van der Waals surface area contributed by atoms with Gasteiger partial charge in [0.2, 0.25) is 0 Å². The van der Waals surface area contributed by atoms with Crippen molar-refractivity contribution in [2.45, 2.75) is 69.4 Å². The van der Waals surface area contributed by atoms with Crippen LogP contribution in [0.25, 0.3) is 0 Å². The molecule has 2 aliphatic carbocycles. The van der Waals surface area contributed by atoms with Gasteiger partial charge in [0, 0.05) is 17.0 Å². The first-order valence-corrected chi connectivity index (χ1v) is 8.32. The van der Waals surface area contributed by atoms with E-state index in [-0.39, 0.29) is 0 Å². The first-order chi connectivity index (χ1) is 9.50. The second kappa shape index (κ2) is 3.88. The third-order valence-corrected chi connectivity index (χ3v) is 7.33. The molecule has 0 N–H and O–H groups in total. The highest BCUT2D eigenvalue weighted by atomic mass is 15.2. The molecule has 0 amide bonds. The predicted molar refractivity (Wildman–Crippen MR) is 84.1 cm³/mol. The summed E-state index contributed by atoms with van der Waals surface area (Å²) < 4.78 is 0. The highest BCUT2D eigenvalue weighted by Crippen LogP contribution is 2.61. The molecule has 0 aromatic heterocycles. The number of benzene rings is 1. The van der Waals surface area contributed by atoms with E-state index in [2.05, 4.69) is 57.0 Å². The Kier molecular flexibility index (Phi) is 2.50. The number of hydrogen-bond donors (Lipinski definition) is 0. The van der Waals surface area contributed by atoms with Gasteiger partial charge in [-0.25, -0.2) is 0 Å². The molecule has 20 heavy (non-hydrogen) atoms. The lowest BCUT2D eigenvalue weighted by Crippen LogP contribution is -2.70. The highest BCUT2D eigenvalue weighted by molar-refractivity contribution is 5.44. The highest BCUT2D eigenvalue weighted by Gasteiger charge is 2.60. The van der Waals surface area contributed by atoms with Crippen LogP contribution in [0.5, 0.6) is 0 Å². The quantitative estimate of drug-likeness (QED) is 0.678. The van der Waals surface area contributed by atoms with E-state index in [1.807, 2.05) is 0 Å². The van der Waals surface area contributed by atoms with Crippen molar-refractivity contribution >= 4 is 0 Å². The standard InChI is InChI=1S/C19H27N/c1-13-14(2)17-19(16-8-6-5-7-15(13)16)11-9-18(3,10-12-19)20(17)4/h5-8,13-14,17H,9-12H2,1-4H3. The van der Waals surface area contributed by atoms with E-state index in [1.54, 1.807) is 11.1 Å². The first-order valence-electron chi connectivity index (χ1n) is 8.32. The Morgan fingerprint density at radius 1 is 1.05 bits per heavy atom. The van der Waals surface area contributed by atoms with Gasteiger partial charge in [-0.3, -0.25) is 4.90 Å². The molecule has 0 radical (unpaired) electrons. The molecule has 2 bridgehead atoms. The van der Waals surface area contributed by atoms with Gasteiger partial charge in [-0.15, -0.1) is 0 Å². The summed E-state index contributed by atoms with van der Waals surface area (Å²) in [5, 5.41) is 0. The molecule has 2 heterocycles. The summed E-state index contributed by atoms with van der Waals surface area (Å²) in [5.41, 5.74) is 4.21. The molecule has 1 aromatic rings. The van der Waals surface area contributed by atoms with E-state index in [9.17, 15) is 0 Å². The van der Waals surface area contributed by atoms with Crippen molar-refractivity contribution in [1.82, 2.24) is 4.90 Å². The number of nitrogens with zero attached hydrogens (tertiary/aromatic N) is 1. The Bertz CT molecular complexity index is 538. The Balaban J connectivity index is 1.94. The maximum atomic E-state index is 2.76. The molecule has 4 aliphatic rings. The van der Waals surface area contributed by atoms with Gasteiger partial charge in [0.15, 0.2) is 0 Å². The third-order valence-electron chi connectivity index (χ3n) is 7.33. The van der Waals surface area contributed by atoms with Gasteiger partial charge in [0.25, 0.3) is 0 Å². The van der Waals surface area contributed by atoms with Crippen LogP contribution in [-0.4, -0.2) is 23.5 Å². The fourth-order valence-corrected chi connectivity index (χ4v) is 5.78. The molecule has 2 aliphatic heterocycles. The second-order valence-electron chi connectivity index (χ2n) is 7.94. The molecule has 1 nitrogen and oxygen atoms in total. The Morgan fingerprint density at radius 2 is 1.70 bits per heavy atom. The zero-order valence-corrected chi connectivity index (χ0v) is 13.3. The Labute approximate surface area is 123 Å². The molecule has 1 spiro atoms. The van der Waals surface area contributed by atoms with Crippen LogP contribution in [-0.2, 0) is 5.41 Å². The second-order valence-corrected chi connectivity index (χ2v) is 7.94. The monoisotopic (exact) mass is 269 g/mol. The van der Waals surface area contributed by atoms with Gasteiger partial charge >= 0.3 is 0 Å². The van der Waals surface area contributed by atoms with Crippen molar-refractivity contribution in [2.75, 3.05) is 7.05 Å². The molecule has 1 saturated carbocycles. The Hall–Kier alpha value is -0.820. The number of piperidine rings is 2. The fourth-order valence-electron chi connectivity index (χ4n) is 5.78. The molecule has 1 aromatic carbocycles. The van der Waals surface area contributed by atoms with Crippen molar-refractivity contribution < 1.29 is 0 Å². The fraction of sp³-hybridized carbons (Fsp3) is 0.684. The molecule has 3 atom stereocenters. The summed E-state index contributed by atoms with van der Waals surface area (Å²) in [6.07, 6.45) is 5.53. The van der Waals surface area contributed by atoms with Crippen LogP contribution in [0.2, 0.25) is 0 Å². The van der Waals surface area contributed by atoms with Gasteiger partial charge < -0.3 is 0 Å². The molecule has 108 valence electrons. The van der Waals surface area contributed by atoms with Gasteiger partial charge in [0.1, 0.15) is 0 Å². The van der Waals surface area contributed by atoms with Crippen LogP contribution >= 0.6 is 0 Å². The van der Waals surface area contributed by atoms with E-state index in [0.717, 1.165) is 12.0 Å². The van der Waals surface area contributed by atoms with Crippen LogP contribution in [0.4, 0.5) is 0 Å². The lowest BCUT2D eigenvalue weighted by atomic mass is 9.49. The maximum absolute atomic E-state index is 2.76. The molecule has 3 unspecified atom stereocenters. The van der Waals surface area contributed by atoms with Crippen LogP contribution in [0.3, 0.4) is 0 Å². The van der Waals surface area contributed by atoms with Crippen LogP contribution in [0, 0.1) is 5.92 Å². The predicted octanol–water partition coefficient (Wildman–Crippen LogP) is 4.32. The molecular weight excluding hydrogens is 242 g/mol. The van der Waals surface area contributed by atoms with Crippen molar-refractivity contribution in [3.8, 4) is 0 Å². The van der Waals surface area contributed by atoms with Gasteiger partial charge in [-0.2, -0.15) is 0 Å². The molecule has 1 heteroatoms. The van der Waals surface area contributed by atoms with Crippen LogP contribution in [0.15, 0.2) is 24.3 Å². The topological polar surface area (TPSA) is 3.24 Å². The van der Waals surface area contributed by atoms with Crippen molar-refractivity contribution in [3.63, 3.8) is 0 Å². The van der Waals surface area contributed by atoms with E-state index in [4.69, 9.17) is 0 Å². The smallest absolute Gasteiger partial charge is 0.0226 e. The summed E-state index contributed by atoms with van der Waals surface area (Å²) >= 11 is 0. The lowest BCUT2D eigenvalue weighted by molar-refractivity contribution is -0.103. The zero-order valence-electron chi connectivity index (χ0n) is 13.3. The molecule has 2 saturated heterocycles. The number of rotatable bonds is 0. The maximum Gasteiger partial charge on any atom is 0.0226 e. The minimum atomic E-state index is 0.440. The number of hydrogen-bond acceptors (Lipinski definition) is 1. The van der Waals surface area contributed by atoms with Crippen molar-refractivity contribution in [2.24, 2.45) is 5.92 Å². The minimum Gasteiger partial charge on any atom is -0.297 e. The average Bonchev–Trinajstić information content (AvgIpc) is 2.47. The summed E-state index contributed by atoms with van der Waals surface area (Å²) in [4.78, 5) is 2.76. The van der Waals surface area contributed by atoms with Crippen molar-refractivity contribution in [3.05, 3.63) is 35.4 Å². The summed E-state index contributed by atoms with van der Waals surface area (Å²) in [7, 11) is 2.40. The zero-order chi connectivity index (χ0) is 14.1. The van der Waals surface area contributed by atoms with Gasteiger partial charge in [-0.1, -0.05) is 38.1 Å². The average molecular weight is 269 g/mol. The summed E-state index contributed by atoms with van der Waals surface area (Å²) in [5.74, 6) is 1.45. The first kappa shape index (κ1) is 12.9. The number of fused-ring (bicyclic) bond motifs is 3. The van der Waals surface area contributed by atoms with Gasteiger partial charge in [0.05, 0.1) is 0 Å². The number of likely N-dealkylation sites (N-methyl/N-ethyl adjacent to an activating group) is 1. The van der Waals surface area contributed by atoms with Gasteiger partial charge in [-0.05, 0) is 62.6 Å². The van der Waals surface area contributed by atoms with Crippen LogP contribution < -0.4 is 0 Å². The van der Waals surface area contributed by atoms with E-state index >= 15 is 0 Å². The molecular formula is C19H27N. The third kappa shape index (κ3) is 1.33. The summed E-state index contributed by atoms with van der Waals surface area (Å²) in [6.45, 7) is 7.43. The van der Waals surface area contributed by atoms with E-state index in [1.165, 1.54) is 25.7 Å². The van der Waals surface area contributed by atoms with Crippen molar-refractivity contribution in [1.29, 1.82) is 0 Å². The lowest BCUT2D eigenvalue weighted by Gasteiger charge is -2.67. The van der Waals surface area contributed by atoms with Crippen LogP contribution in [0.1, 0.15) is 63.5 Å². The SMILES string of the molecule is CC1c2ccccc2C23CCC(C)(CC2)N(C)C3C1C. The van der Waals surface area contributed by atoms with E-state index in [0.29, 0.717) is 16.9 Å². The largest absolute Gasteiger partial charge is 0.297 e. The summed E-state index contributed by atoms with van der Waals surface area (Å²) in [6, 6.07) is 10.1. The molecule has 5 rings (SSSR count). The minimum absolute atomic E-state index is 0.440. The molecule has 3 fully saturated rings. The van der Waals surface area contributed by atoms with E-state index < -0.39 is 0 Å².